The highest BCUT2D eigenvalue weighted by atomic mass is 35.5. The summed E-state index contributed by atoms with van der Waals surface area (Å²) in [5.41, 5.74) is 2.30. The van der Waals surface area contributed by atoms with Crippen LogP contribution in [0.2, 0.25) is 5.02 Å². The van der Waals surface area contributed by atoms with E-state index >= 15 is 0 Å². The summed E-state index contributed by atoms with van der Waals surface area (Å²) in [6.07, 6.45) is 4.23. The van der Waals surface area contributed by atoms with E-state index in [9.17, 15) is 9.18 Å². The number of aromatic nitrogens is 1. The number of thiazole rings is 1. The van der Waals surface area contributed by atoms with Crippen molar-refractivity contribution in [1.82, 2.24) is 9.88 Å². The summed E-state index contributed by atoms with van der Waals surface area (Å²) >= 11 is 7.54. The van der Waals surface area contributed by atoms with Gasteiger partial charge in [-0.05, 0) is 81.9 Å². The first-order valence-electron chi connectivity index (χ1n) is 11.5. The third-order valence-corrected chi connectivity index (χ3v) is 9.85. The second-order valence-electron chi connectivity index (χ2n) is 9.28. The molecule has 2 heterocycles. The fraction of sp³-hybridized carbons (Fsp3) is 0.385. The highest BCUT2D eigenvalue weighted by Gasteiger charge is 2.28. The van der Waals surface area contributed by atoms with Crippen LogP contribution in [-0.2, 0) is 0 Å². The number of carbonyl (C=O) groups excluding carboxylic acids is 1. The average molecular weight is 550 g/mol. The minimum Gasteiger partial charge on any atom is -0.320 e. The first-order chi connectivity index (χ1) is 16.7. The van der Waals surface area contributed by atoms with Crippen LogP contribution in [-0.4, -0.2) is 46.4 Å². The van der Waals surface area contributed by atoms with E-state index in [0.29, 0.717) is 27.9 Å². The van der Waals surface area contributed by atoms with Crippen LogP contribution in [0.3, 0.4) is 0 Å². The summed E-state index contributed by atoms with van der Waals surface area (Å²) in [5, 5.41) is 6.36. The monoisotopic (exact) mass is 549 g/mol. The van der Waals surface area contributed by atoms with Gasteiger partial charge in [0.2, 0.25) is 0 Å². The van der Waals surface area contributed by atoms with E-state index in [-0.39, 0.29) is 16.5 Å². The standard InChI is InChI=1S/C26H29ClFN3OS3/c1-26(2,35-33-3)16-31-12-10-18(11-13-31)25-30-23(15-34-25)24(32)29-22-9-8-20(28)14-21(22)17-4-6-19(27)7-5-17/h4-9,14-15,18H,10-13,16H2,1-3H3,(H,29,32). The smallest absolute Gasteiger partial charge is 0.275 e. The summed E-state index contributed by atoms with van der Waals surface area (Å²) < 4.78 is 14.2. The molecular formula is C26H29ClFN3OS3. The van der Waals surface area contributed by atoms with Gasteiger partial charge in [0, 0.05) is 38.9 Å². The molecule has 0 saturated carbocycles. The third kappa shape index (κ3) is 7.01. The van der Waals surface area contributed by atoms with Crippen molar-refractivity contribution in [2.45, 2.75) is 37.4 Å². The van der Waals surface area contributed by atoms with E-state index in [1.54, 1.807) is 41.7 Å². The van der Waals surface area contributed by atoms with Gasteiger partial charge in [0.15, 0.2) is 0 Å². The highest BCUT2D eigenvalue weighted by molar-refractivity contribution is 8.76. The fourth-order valence-electron chi connectivity index (χ4n) is 4.39. The number of nitrogens with one attached hydrogen (secondary N) is 1. The summed E-state index contributed by atoms with van der Waals surface area (Å²) in [6.45, 7) is 7.76. The maximum Gasteiger partial charge on any atom is 0.275 e. The highest BCUT2D eigenvalue weighted by Crippen LogP contribution is 2.37. The Kier molecular flexibility index (Phi) is 8.81. The number of carbonyl (C=O) groups is 1. The van der Waals surface area contributed by atoms with E-state index in [1.807, 2.05) is 27.0 Å². The number of benzene rings is 2. The molecule has 1 aliphatic heterocycles. The van der Waals surface area contributed by atoms with Crippen LogP contribution in [0.4, 0.5) is 10.1 Å². The molecule has 4 nitrogen and oxygen atoms in total. The van der Waals surface area contributed by atoms with E-state index in [1.165, 1.54) is 12.1 Å². The molecule has 1 saturated heterocycles. The zero-order chi connectivity index (χ0) is 25.0. The van der Waals surface area contributed by atoms with Crippen LogP contribution in [0.25, 0.3) is 11.1 Å². The van der Waals surface area contributed by atoms with Gasteiger partial charge in [0.25, 0.3) is 5.91 Å². The lowest BCUT2D eigenvalue weighted by Crippen LogP contribution is -2.40. The zero-order valence-corrected chi connectivity index (χ0v) is 23.2. The van der Waals surface area contributed by atoms with Crippen molar-refractivity contribution in [3.05, 3.63) is 69.4 Å². The molecule has 35 heavy (non-hydrogen) atoms. The molecular weight excluding hydrogens is 521 g/mol. The van der Waals surface area contributed by atoms with Gasteiger partial charge in [0.05, 0.1) is 5.01 Å². The van der Waals surface area contributed by atoms with Gasteiger partial charge in [-0.2, -0.15) is 0 Å². The molecule has 9 heteroatoms. The minimum atomic E-state index is -0.370. The Morgan fingerprint density at radius 1 is 1.23 bits per heavy atom. The topological polar surface area (TPSA) is 45.2 Å². The van der Waals surface area contributed by atoms with Gasteiger partial charge in [0.1, 0.15) is 11.5 Å². The predicted octanol–water partition coefficient (Wildman–Crippen LogP) is 7.82. The Morgan fingerprint density at radius 2 is 1.94 bits per heavy atom. The molecule has 0 spiro atoms. The molecule has 0 bridgehead atoms. The average Bonchev–Trinajstić information content (AvgIpc) is 3.31. The molecule has 1 aromatic heterocycles. The summed E-state index contributed by atoms with van der Waals surface area (Å²) in [5.74, 6) is -0.280. The molecule has 2 aromatic carbocycles. The Morgan fingerprint density at radius 3 is 2.63 bits per heavy atom. The van der Waals surface area contributed by atoms with Crippen LogP contribution in [0.15, 0.2) is 47.8 Å². The SMILES string of the molecule is CSSC(C)(C)CN1CCC(c2nc(C(=O)Nc3ccc(F)cc3-c3ccc(Cl)cc3)cs2)CC1. The lowest BCUT2D eigenvalue weighted by atomic mass is 9.97. The molecule has 3 aromatic rings. The number of amides is 1. The van der Waals surface area contributed by atoms with Crippen LogP contribution >= 0.6 is 44.5 Å². The Labute approximate surface area is 223 Å². The second kappa shape index (κ2) is 11.6. The quantitative estimate of drug-likeness (QED) is 0.290. The molecule has 0 radical (unpaired) electrons. The van der Waals surface area contributed by atoms with Gasteiger partial charge in [-0.1, -0.05) is 45.3 Å². The lowest BCUT2D eigenvalue weighted by Gasteiger charge is -2.36. The zero-order valence-electron chi connectivity index (χ0n) is 20.0. The lowest BCUT2D eigenvalue weighted by molar-refractivity contribution is 0.102. The Bertz CT molecular complexity index is 1160. The van der Waals surface area contributed by atoms with Crippen molar-refractivity contribution in [1.29, 1.82) is 0 Å². The molecule has 1 aliphatic rings. The number of halogens is 2. The fourth-order valence-corrected chi connectivity index (χ4v) is 7.68. The molecule has 4 rings (SSSR count). The van der Waals surface area contributed by atoms with E-state index in [2.05, 4.69) is 35.3 Å². The predicted molar refractivity (Wildman–Crippen MR) is 151 cm³/mol. The Balaban J connectivity index is 1.41. The van der Waals surface area contributed by atoms with Crippen molar-refractivity contribution in [2.24, 2.45) is 0 Å². The summed E-state index contributed by atoms with van der Waals surface area (Å²) in [7, 11) is 3.75. The van der Waals surface area contributed by atoms with Gasteiger partial charge in [-0.25, -0.2) is 9.37 Å². The van der Waals surface area contributed by atoms with Crippen LogP contribution in [0, 0.1) is 5.82 Å². The molecule has 1 fully saturated rings. The van der Waals surface area contributed by atoms with Crippen molar-refractivity contribution in [2.75, 3.05) is 31.2 Å². The number of piperidine rings is 1. The number of rotatable bonds is 8. The van der Waals surface area contributed by atoms with Crippen molar-refractivity contribution in [3.8, 4) is 11.1 Å². The molecule has 1 amide bonds. The molecule has 1 N–H and O–H groups in total. The van der Waals surface area contributed by atoms with Gasteiger partial charge >= 0.3 is 0 Å². The number of hydrogen-bond acceptors (Lipinski definition) is 6. The first kappa shape index (κ1) is 26.5. The van der Waals surface area contributed by atoms with Crippen molar-refractivity contribution in [3.63, 3.8) is 0 Å². The van der Waals surface area contributed by atoms with Crippen molar-refractivity contribution >= 4 is 56.1 Å². The van der Waals surface area contributed by atoms with Gasteiger partial charge in [-0.15, -0.1) is 11.3 Å². The number of anilines is 1. The first-order valence-corrected chi connectivity index (χ1v) is 15.3. The molecule has 0 aliphatic carbocycles. The third-order valence-electron chi connectivity index (χ3n) is 5.99. The maximum atomic E-state index is 14.0. The van der Waals surface area contributed by atoms with Crippen LogP contribution in [0.1, 0.15) is 48.1 Å². The normalized spacial score (nSPS) is 15.3. The van der Waals surface area contributed by atoms with Crippen LogP contribution < -0.4 is 5.32 Å². The summed E-state index contributed by atoms with van der Waals surface area (Å²) in [4.78, 5) is 20.2. The van der Waals surface area contributed by atoms with Gasteiger partial charge < -0.3 is 10.2 Å². The number of nitrogens with zero attached hydrogens (tertiary/aromatic N) is 2. The van der Waals surface area contributed by atoms with Crippen LogP contribution in [0.5, 0.6) is 0 Å². The van der Waals surface area contributed by atoms with E-state index in [0.717, 1.165) is 43.0 Å². The maximum absolute atomic E-state index is 14.0. The largest absolute Gasteiger partial charge is 0.320 e. The molecule has 0 unspecified atom stereocenters. The number of hydrogen-bond donors (Lipinski definition) is 1. The van der Waals surface area contributed by atoms with E-state index < -0.39 is 0 Å². The number of likely N-dealkylation sites (tertiary alicyclic amines) is 1. The Hall–Kier alpha value is -1.58. The molecule has 186 valence electrons. The van der Waals surface area contributed by atoms with Crippen molar-refractivity contribution < 1.29 is 9.18 Å². The van der Waals surface area contributed by atoms with E-state index in [4.69, 9.17) is 11.6 Å². The minimum absolute atomic E-state index is 0.226. The summed E-state index contributed by atoms with van der Waals surface area (Å²) in [6, 6.07) is 11.4. The second-order valence-corrected chi connectivity index (χ2v) is 13.7. The molecule has 0 atom stereocenters. The van der Waals surface area contributed by atoms with Gasteiger partial charge in [-0.3, -0.25) is 4.79 Å².